The lowest BCUT2D eigenvalue weighted by molar-refractivity contribution is 0.163. The summed E-state index contributed by atoms with van der Waals surface area (Å²) in [4.78, 5) is 0. The molecule has 2 heteroatoms. The van der Waals surface area contributed by atoms with Crippen LogP contribution in [0.4, 0.5) is 0 Å². The van der Waals surface area contributed by atoms with E-state index in [0.29, 0.717) is 11.5 Å². The molecule has 1 atom stereocenters. The van der Waals surface area contributed by atoms with Gasteiger partial charge in [-0.1, -0.05) is 13.8 Å². The highest BCUT2D eigenvalue weighted by molar-refractivity contribution is 4.82. The molecule has 10 heavy (non-hydrogen) atoms. The van der Waals surface area contributed by atoms with Crippen molar-refractivity contribution in [1.29, 1.82) is 0 Å². The van der Waals surface area contributed by atoms with Gasteiger partial charge in [0, 0.05) is 12.6 Å². The van der Waals surface area contributed by atoms with Gasteiger partial charge in [0.05, 0.1) is 6.61 Å². The molecule has 0 amide bonds. The second kappa shape index (κ2) is 2.89. The first-order valence-electron chi connectivity index (χ1n) is 3.98. The lowest BCUT2D eigenvalue weighted by Crippen LogP contribution is -2.44. The summed E-state index contributed by atoms with van der Waals surface area (Å²) >= 11 is 0. The number of nitrogens with one attached hydrogen (secondary N) is 1. The van der Waals surface area contributed by atoms with Gasteiger partial charge in [-0.2, -0.15) is 0 Å². The van der Waals surface area contributed by atoms with Gasteiger partial charge in [-0.25, -0.2) is 0 Å². The van der Waals surface area contributed by atoms with Crippen LogP contribution in [-0.4, -0.2) is 24.3 Å². The van der Waals surface area contributed by atoms with Crippen LogP contribution in [0.15, 0.2) is 0 Å². The number of hydrogen-bond acceptors (Lipinski definition) is 2. The molecule has 0 aliphatic carbocycles. The van der Waals surface area contributed by atoms with E-state index in [0.717, 1.165) is 13.0 Å². The van der Waals surface area contributed by atoms with Crippen LogP contribution in [0.25, 0.3) is 0 Å². The first kappa shape index (κ1) is 8.02. The summed E-state index contributed by atoms with van der Waals surface area (Å²) in [5.74, 6) is 0. The lowest BCUT2D eigenvalue weighted by atomic mass is 9.83. The number of rotatable bonds is 1. The molecule has 0 aromatic heterocycles. The zero-order valence-corrected chi connectivity index (χ0v) is 6.85. The Balaban J connectivity index is 2.31. The van der Waals surface area contributed by atoms with E-state index in [9.17, 15) is 0 Å². The molecule has 0 saturated carbocycles. The molecule has 0 unspecified atom stereocenters. The molecule has 1 heterocycles. The number of piperidine rings is 1. The second-order valence-electron chi connectivity index (χ2n) is 3.96. The van der Waals surface area contributed by atoms with E-state index in [1.54, 1.807) is 0 Å². The van der Waals surface area contributed by atoms with Gasteiger partial charge in [0.25, 0.3) is 0 Å². The molecule has 0 aromatic rings. The predicted molar refractivity (Wildman–Crippen MR) is 41.9 cm³/mol. The molecule has 1 saturated heterocycles. The molecular weight excluding hydrogens is 126 g/mol. The Labute approximate surface area is 62.6 Å². The average molecular weight is 143 g/mol. The molecular formula is C8H17NO. The van der Waals surface area contributed by atoms with Gasteiger partial charge in [-0.05, 0) is 18.3 Å². The van der Waals surface area contributed by atoms with Crippen LogP contribution in [0.3, 0.4) is 0 Å². The van der Waals surface area contributed by atoms with Crippen molar-refractivity contribution in [2.45, 2.75) is 32.7 Å². The van der Waals surface area contributed by atoms with Crippen LogP contribution in [-0.2, 0) is 0 Å². The maximum absolute atomic E-state index is 8.80. The number of hydrogen-bond donors (Lipinski definition) is 2. The minimum Gasteiger partial charge on any atom is -0.395 e. The average Bonchev–Trinajstić information content (AvgIpc) is 1.88. The van der Waals surface area contributed by atoms with E-state index in [2.05, 4.69) is 19.2 Å². The molecule has 0 radical (unpaired) electrons. The summed E-state index contributed by atoms with van der Waals surface area (Å²) in [5, 5.41) is 12.1. The highest BCUT2D eigenvalue weighted by Crippen LogP contribution is 2.25. The van der Waals surface area contributed by atoms with E-state index in [1.165, 1.54) is 6.42 Å². The molecule has 0 spiro atoms. The molecule has 1 fully saturated rings. The molecule has 0 aromatic carbocycles. The van der Waals surface area contributed by atoms with Crippen molar-refractivity contribution < 1.29 is 5.11 Å². The van der Waals surface area contributed by atoms with Gasteiger partial charge in [-0.3, -0.25) is 0 Å². The second-order valence-corrected chi connectivity index (χ2v) is 3.96. The summed E-state index contributed by atoms with van der Waals surface area (Å²) in [6, 6.07) is 0.355. The maximum Gasteiger partial charge on any atom is 0.0584 e. The summed E-state index contributed by atoms with van der Waals surface area (Å²) in [7, 11) is 0. The van der Waals surface area contributed by atoms with Gasteiger partial charge >= 0.3 is 0 Å². The van der Waals surface area contributed by atoms with Crippen molar-refractivity contribution in [3.63, 3.8) is 0 Å². The van der Waals surface area contributed by atoms with E-state index in [-0.39, 0.29) is 6.61 Å². The Bertz CT molecular complexity index is 102. The third kappa shape index (κ3) is 1.96. The van der Waals surface area contributed by atoms with E-state index < -0.39 is 0 Å². The molecule has 0 bridgehead atoms. The van der Waals surface area contributed by atoms with E-state index >= 15 is 0 Å². The maximum atomic E-state index is 8.80. The van der Waals surface area contributed by atoms with Crippen LogP contribution < -0.4 is 5.32 Å². The number of aliphatic hydroxyl groups excluding tert-OH is 1. The van der Waals surface area contributed by atoms with Crippen molar-refractivity contribution in [1.82, 2.24) is 5.32 Å². The lowest BCUT2D eigenvalue weighted by Gasteiger charge is -2.34. The summed E-state index contributed by atoms with van der Waals surface area (Å²) in [5.41, 5.74) is 0.436. The third-order valence-electron chi connectivity index (χ3n) is 2.26. The quantitative estimate of drug-likeness (QED) is 0.568. The predicted octanol–water partition coefficient (Wildman–Crippen LogP) is 0.757. The zero-order valence-electron chi connectivity index (χ0n) is 6.85. The first-order valence-corrected chi connectivity index (χ1v) is 3.98. The van der Waals surface area contributed by atoms with Crippen molar-refractivity contribution in [2.75, 3.05) is 13.2 Å². The van der Waals surface area contributed by atoms with Gasteiger partial charge in [0.15, 0.2) is 0 Å². The molecule has 1 rings (SSSR count). The van der Waals surface area contributed by atoms with Crippen molar-refractivity contribution in [3.8, 4) is 0 Å². The summed E-state index contributed by atoms with van der Waals surface area (Å²) in [6.07, 6.45) is 2.34. The fourth-order valence-corrected chi connectivity index (χ4v) is 1.33. The zero-order chi connectivity index (χ0) is 7.61. The first-order chi connectivity index (χ1) is 4.64. The Kier molecular flexibility index (Phi) is 2.32. The third-order valence-corrected chi connectivity index (χ3v) is 2.26. The minimum absolute atomic E-state index is 0.288. The Morgan fingerprint density at radius 2 is 2.30 bits per heavy atom. The standard InChI is InChI=1S/C8H17NO/c1-8(2)4-3-7(5-10)9-6-8/h7,9-10H,3-6H2,1-2H3/t7-/m1/s1. The Morgan fingerprint density at radius 1 is 1.60 bits per heavy atom. The van der Waals surface area contributed by atoms with E-state index in [4.69, 9.17) is 5.11 Å². The Morgan fingerprint density at radius 3 is 2.70 bits per heavy atom. The smallest absolute Gasteiger partial charge is 0.0584 e. The van der Waals surface area contributed by atoms with Gasteiger partial charge < -0.3 is 10.4 Å². The summed E-state index contributed by atoms with van der Waals surface area (Å²) < 4.78 is 0. The van der Waals surface area contributed by atoms with E-state index in [1.807, 2.05) is 0 Å². The highest BCUT2D eigenvalue weighted by atomic mass is 16.3. The van der Waals surface area contributed by atoms with Crippen LogP contribution in [0.5, 0.6) is 0 Å². The van der Waals surface area contributed by atoms with Gasteiger partial charge in [0.2, 0.25) is 0 Å². The van der Waals surface area contributed by atoms with Crippen molar-refractivity contribution in [3.05, 3.63) is 0 Å². The fraction of sp³-hybridized carbons (Fsp3) is 1.00. The van der Waals surface area contributed by atoms with Crippen molar-refractivity contribution in [2.24, 2.45) is 5.41 Å². The monoisotopic (exact) mass is 143 g/mol. The van der Waals surface area contributed by atoms with Crippen LogP contribution in [0.1, 0.15) is 26.7 Å². The van der Waals surface area contributed by atoms with Crippen LogP contribution in [0.2, 0.25) is 0 Å². The fourth-order valence-electron chi connectivity index (χ4n) is 1.33. The van der Waals surface area contributed by atoms with Crippen LogP contribution >= 0.6 is 0 Å². The summed E-state index contributed by atoms with van der Waals surface area (Å²) in [6.45, 7) is 5.84. The SMILES string of the molecule is CC1(C)CC[C@H](CO)NC1. The molecule has 1 aliphatic heterocycles. The Hall–Kier alpha value is -0.0800. The minimum atomic E-state index is 0.288. The molecule has 1 aliphatic rings. The number of aliphatic hydroxyl groups is 1. The van der Waals surface area contributed by atoms with Crippen molar-refractivity contribution >= 4 is 0 Å². The normalized spacial score (nSPS) is 32.1. The largest absolute Gasteiger partial charge is 0.395 e. The highest BCUT2D eigenvalue weighted by Gasteiger charge is 2.25. The van der Waals surface area contributed by atoms with Gasteiger partial charge in [0.1, 0.15) is 0 Å². The molecule has 60 valence electrons. The molecule has 2 nitrogen and oxygen atoms in total. The van der Waals surface area contributed by atoms with Crippen LogP contribution in [0, 0.1) is 5.41 Å². The topological polar surface area (TPSA) is 32.3 Å². The van der Waals surface area contributed by atoms with Gasteiger partial charge in [-0.15, -0.1) is 0 Å². The molecule has 2 N–H and O–H groups in total.